The molecule has 0 spiro atoms. The molecule has 0 fully saturated rings. The summed E-state index contributed by atoms with van der Waals surface area (Å²) >= 11 is 1.57. The SMILES string of the molecule is O=C(CCc1nc(-c2ccsc2)no1)Nc1ccc2c(c1)OCCCO2. The molecule has 1 amide bonds. The second kappa shape index (κ2) is 7.57. The van der Waals surface area contributed by atoms with Gasteiger partial charge < -0.3 is 19.3 Å². The van der Waals surface area contributed by atoms with Crippen molar-refractivity contribution in [1.29, 1.82) is 0 Å². The van der Waals surface area contributed by atoms with Gasteiger partial charge in [0.05, 0.1) is 13.2 Å². The van der Waals surface area contributed by atoms with E-state index in [1.54, 1.807) is 29.5 Å². The molecule has 1 aliphatic heterocycles. The molecule has 26 heavy (non-hydrogen) atoms. The minimum absolute atomic E-state index is 0.130. The van der Waals surface area contributed by atoms with Crippen LogP contribution in [-0.4, -0.2) is 29.3 Å². The quantitative estimate of drug-likeness (QED) is 0.738. The summed E-state index contributed by atoms with van der Waals surface area (Å²) in [4.78, 5) is 16.5. The molecule has 0 saturated heterocycles. The molecule has 3 heterocycles. The summed E-state index contributed by atoms with van der Waals surface area (Å²) in [6.07, 6.45) is 1.47. The zero-order valence-corrected chi connectivity index (χ0v) is 14.8. The Kier molecular flexibility index (Phi) is 4.83. The molecule has 0 saturated carbocycles. The maximum Gasteiger partial charge on any atom is 0.227 e. The molecule has 0 atom stereocenters. The van der Waals surface area contributed by atoms with E-state index in [0.29, 0.717) is 48.5 Å². The van der Waals surface area contributed by atoms with Crippen LogP contribution in [0.15, 0.2) is 39.5 Å². The number of hydrogen-bond donors (Lipinski definition) is 1. The van der Waals surface area contributed by atoms with Crippen LogP contribution in [-0.2, 0) is 11.2 Å². The lowest BCUT2D eigenvalue weighted by molar-refractivity contribution is -0.116. The highest BCUT2D eigenvalue weighted by Gasteiger charge is 2.13. The van der Waals surface area contributed by atoms with E-state index in [1.807, 2.05) is 16.8 Å². The summed E-state index contributed by atoms with van der Waals surface area (Å²) in [5, 5.41) is 10.7. The molecule has 8 heteroatoms. The number of rotatable bonds is 5. The van der Waals surface area contributed by atoms with Crippen molar-refractivity contribution >= 4 is 22.9 Å². The second-order valence-corrected chi connectivity index (χ2v) is 6.56. The average Bonchev–Trinajstić information content (AvgIpc) is 3.28. The Labute approximate surface area is 153 Å². The lowest BCUT2D eigenvalue weighted by Gasteiger charge is -2.10. The first-order valence-electron chi connectivity index (χ1n) is 8.32. The van der Waals surface area contributed by atoms with Crippen molar-refractivity contribution in [3.8, 4) is 22.9 Å². The van der Waals surface area contributed by atoms with Gasteiger partial charge in [0.2, 0.25) is 17.6 Å². The number of amides is 1. The molecule has 0 unspecified atom stereocenters. The molecular weight excluding hydrogens is 354 g/mol. The first kappa shape index (κ1) is 16.6. The molecule has 0 radical (unpaired) electrons. The van der Waals surface area contributed by atoms with Crippen molar-refractivity contribution < 1.29 is 18.8 Å². The number of carbonyl (C=O) groups excluding carboxylic acids is 1. The lowest BCUT2D eigenvalue weighted by Crippen LogP contribution is -2.12. The predicted molar refractivity (Wildman–Crippen MR) is 96.6 cm³/mol. The van der Waals surface area contributed by atoms with Gasteiger partial charge in [0.15, 0.2) is 11.5 Å². The molecule has 0 aliphatic carbocycles. The zero-order valence-electron chi connectivity index (χ0n) is 13.9. The van der Waals surface area contributed by atoms with E-state index in [0.717, 1.165) is 12.0 Å². The Morgan fingerprint density at radius 3 is 2.92 bits per heavy atom. The summed E-state index contributed by atoms with van der Waals surface area (Å²) in [6.45, 7) is 1.24. The van der Waals surface area contributed by atoms with E-state index in [1.165, 1.54) is 0 Å². The highest BCUT2D eigenvalue weighted by molar-refractivity contribution is 7.08. The Morgan fingerprint density at radius 1 is 1.19 bits per heavy atom. The number of aromatic nitrogens is 2. The number of benzene rings is 1. The fourth-order valence-electron chi connectivity index (χ4n) is 2.55. The maximum absolute atomic E-state index is 12.2. The fourth-order valence-corrected chi connectivity index (χ4v) is 3.18. The first-order chi connectivity index (χ1) is 12.8. The van der Waals surface area contributed by atoms with Crippen molar-refractivity contribution in [1.82, 2.24) is 10.1 Å². The monoisotopic (exact) mass is 371 g/mol. The fraction of sp³-hybridized carbons (Fsp3) is 0.278. The Bertz CT molecular complexity index is 892. The minimum atomic E-state index is -0.130. The van der Waals surface area contributed by atoms with Gasteiger partial charge in [-0.05, 0) is 23.6 Å². The van der Waals surface area contributed by atoms with Gasteiger partial charge in [0.25, 0.3) is 0 Å². The van der Waals surface area contributed by atoms with Gasteiger partial charge in [-0.3, -0.25) is 4.79 Å². The van der Waals surface area contributed by atoms with E-state index in [9.17, 15) is 4.79 Å². The van der Waals surface area contributed by atoms with Gasteiger partial charge in [-0.2, -0.15) is 16.3 Å². The molecule has 2 aromatic heterocycles. The minimum Gasteiger partial charge on any atom is -0.490 e. The topological polar surface area (TPSA) is 86.5 Å². The number of hydrogen-bond acceptors (Lipinski definition) is 7. The van der Waals surface area contributed by atoms with Gasteiger partial charge >= 0.3 is 0 Å². The number of thiophene rings is 1. The second-order valence-electron chi connectivity index (χ2n) is 5.78. The van der Waals surface area contributed by atoms with E-state index >= 15 is 0 Å². The third-order valence-electron chi connectivity index (χ3n) is 3.84. The molecule has 7 nitrogen and oxygen atoms in total. The van der Waals surface area contributed by atoms with Crippen molar-refractivity contribution in [2.45, 2.75) is 19.3 Å². The van der Waals surface area contributed by atoms with Crippen molar-refractivity contribution in [3.05, 3.63) is 40.9 Å². The highest BCUT2D eigenvalue weighted by Crippen LogP contribution is 2.32. The van der Waals surface area contributed by atoms with Gasteiger partial charge in [-0.25, -0.2) is 0 Å². The summed E-state index contributed by atoms with van der Waals surface area (Å²) in [5.74, 6) is 2.21. The van der Waals surface area contributed by atoms with E-state index in [4.69, 9.17) is 14.0 Å². The van der Waals surface area contributed by atoms with Crippen molar-refractivity contribution in [2.75, 3.05) is 18.5 Å². The molecule has 134 valence electrons. The molecule has 4 rings (SSSR count). The molecule has 1 aliphatic rings. The van der Waals surface area contributed by atoms with Crippen molar-refractivity contribution in [2.24, 2.45) is 0 Å². The third kappa shape index (κ3) is 3.85. The molecular formula is C18H17N3O4S. The van der Waals surface area contributed by atoms with Gasteiger partial charge in [-0.15, -0.1) is 0 Å². The third-order valence-corrected chi connectivity index (χ3v) is 4.53. The number of anilines is 1. The maximum atomic E-state index is 12.2. The van der Waals surface area contributed by atoms with Crippen LogP contribution in [0.25, 0.3) is 11.4 Å². The molecule has 1 aromatic carbocycles. The Hall–Kier alpha value is -2.87. The molecule has 3 aromatic rings. The smallest absolute Gasteiger partial charge is 0.227 e. The highest BCUT2D eigenvalue weighted by atomic mass is 32.1. The number of nitrogens with zero attached hydrogens (tertiary/aromatic N) is 2. The Balaban J connectivity index is 1.34. The van der Waals surface area contributed by atoms with Crippen LogP contribution in [0.2, 0.25) is 0 Å². The zero-order chi connectivity index (χ0) is 17.8. The van der Waals surface area contributed by atoms with Crippen LogP contribution >= 0.6 is 11.3 Å². The largest absolute Gasteiger partial charge is 0.490 e. The van der Waals surface area contributed by atoms with Gasteiger partial charge in [-0.1, -0.05) is 5.16 Å². The van der Waals surface area contributed by atoms with E-state index in [2.05, 4.69) is 15.5 Å². The predicted octanol–water partition coefficient (Wildman–Crippen LogP) is 3.53. The first-order valence-corrected chi connectivity index (χ1v) is 9.27. The summed E-state index contributed by atoms with van der Waals surface area (Å²) in [5.41, 5.74) is 1.59. The average molecular weight is 371 g/mol. The normalized spacial score (nSPS) is 13.2. The van der Waals surface area contributed by atoms with Crippen LogP contribution in [0.1, 0.15) is 18.7 Å². The number of carbonyl (C=O) groups is 1. The van der Waals surface area contributed by atoms with Crippen LogP contribution < -0.4 is 14.8 Å². The van der Waals surface area contributed by atoms with E-state index < -0.39 is 0 Å². The summed E-state index contributed by atoms with van der Waals surface area (Å²) in [6, 6.07) is 7.31. The number of nitrogens with one attached hydrogen (secondary N) is 1. The standard InChI is InChI=1S/C18H17N3O4S/c22-16(4-5-17-20-18(21-25-17)12-6-9-26-11-12)19-13-2-3-14-15(10-13)24-8-1-7-23-14/h2-3,6,9-11H,1,4-5,7-8H2,(H,19,22). The Morgan fingerprint density at radius 2 is 2.08 bits per heavy atom. The van der Waals surface area contributed by atoms with Gasteiger partial charge in [0, 0.05) is 42.0 Å². The van der Waals surface area contributed by atoms with Crippen LogP contribution in [0.4, 0.5) is 5.69 Å². The van der Waals surface area contributed by atoms with Crippen LogP contribution in [0, 0.1) is 0 Å². The lowest BCUT2D eigenvalue weighted by atomic mass is 10.2. The molecule has 1 N–H and O–H groups in total. The van der Waals surface area contributed by atoms with Crippen molar-refractivity contribution in [3.63, 3.8) is 0 Å². The number of ether oxygens (including phenoxy) is 2. The van der Waals surface area contributed by atoms with E-state index in [-0.39, 0.29) is 12.3 Å². The van der Waals surface area contributed by atoms with Crippen LogP contribution in [0.5, 0.6) is 11.5 Å². The molecule has 0 bridgehead atoms. The summed E-state index contributed by atoms with van der Waals surface area (Å²) < 4.78 is 16.4. The number of aryl methyl sites for hydroxylation is 1. The number of fused-ring (bicyclic) bond motifs is 1. The van der Waals surface area contributed by atoms with Crippen LogP contribution in [0.3, 0.4) is 0 Å². The van der Waals surface area contributed by atoms with Gasteiger partial charge in [0.1, 0.15) is 0 Å². The summed E-state index contributed by atoms with van der Waals surface area (Å²) in [7, 11) is 0.